The summed E-state index contributed by atoms with van der Waals surface area (Å²) in [6.45, 7) is 1.43. The molecule has 0 radical (unpaired) electrons. The number of nitrogens with zero attached hydrogens (tertiary/aromatic N) is 2. The first-order valence-corrected chi connectivity index (χ1v) is 20.8. The van der Waals surface area contributed by atoms with Gasteiger partial charge in [0.15, 0.2) is 6.61 Å². The van der Waals surface area contributed by atoms with Crippen LogP contribution in [0.15, 0.2) is 84.9 Å². The molecule has 4 aromatic rings. The average molecular weight is 840 g/mol. The van der Waals surface area contributed by atoms with E-state index in [1.54, 1.807) is 72.8 Å². The first-order valence-electron chi connectivity index (χ1n) is 20.8. The number of carbonyl (C=O) groups is 8. The van der Waals surface area contributed by atoms with E-state index in [1.165, 1.54) is 0 Å². The van der Waals surface area contributed by atoms with Crippen LogP contribution in [0.4, 0.5) is 17.1 Å². The van der Waals surface area contributed by atoms with Crippen LogP contribution in [0.2, 0.25) is 0 Å². The molecule has 1 unspecified atom stereocenters. The monoisotopic (exact) mass is 839 g/mol. The van der Waals surface area contributed by atoms with Gasteiger partial charge in [-0.25, -0.2) is 0 Å². The number of ether oxygens (including phenoxy) is 1. The molecule has 1 aliphatic carbocycles. The second-order valence-electron chi connectivity index (χ2n) is 15.7. The molecule has 8 rings (SSSR count). The van der Waals surface area contributed by atoms with Crippen molar-refractivity contribution in [3.63, 3.8) is 0 Å². The summed E-state index contributed by atoms with van der Waals surface area (Å²) in [4.78, 5) is 104. The Morgan fingerprint density at radius 2 is 1.35 bits per heavy atom. The second kappa shape index (κ2) is 18.1. The van der Waals surface area contributed by atoms with Crippen LogP contribution in [0.5, 0.6) is 5.75 Å². The highest BCUT2D eigenvalue weighted by Crippen LogP contribution is 2.34. The highest BCUT2D eigenvalue weighted by molar-refractivity contribution is 6.23. The number of piperidine rings is 1. The molecule has 16 nitrogen and oxygen atoms in total. The molecule has 16 heteroatoms. The molecular formula is C46H45N7O9. The topological polar surface area (TPSA) is 212 Å². The van der Waals surface area contributed by atoms with Crippen LogP contribution in [-0.2, 0) is 20.9 Å². The molecule has 0 bridgehead atoms. The number of rotatable bonds is 16. The third-order valence-corrected chi connectivity index (χ3v) is 11.2. The van der Waals surface area contributed by atoms with E-state index in [1.807, 2.05) is 17.0 Å². The molecule has 1 saturated heterocycles. The number of hydrogen-bond donors (Lipinski definition) is 5. The van der Waals surface area contributed by atoms with E-state index >= 15 is 0 Å². The standard InChI is InChI=1S/C46H45N7O9/c54-39-20-19-37(43(58)51-39)53-45(60)34-17-14-32(24-35(34)46(53)61)47-21-3-1-2-4-22-48-41(56)28-9-12-31(13-10-28)49-42(57)29-7-5-27(6-8-29)25-52(33-15-16-33)44(59)30-11-18-36-38(23-30)62-26-40(55)50-36/h5-14,17-18,23-24,33,37,47H,1-4,15-16,19-22,25-26H2,(H,48,56)(H,49,57)(H,50,55)(H,51,54,58). The number of hydrogen-bond acceptors (Lipinski definition) is 10. The Labute approximate surface area is 356 Å². The van der Waals surface area contributed by atoms with E-state index in [0.717, 1.165) is 49.0 Å². The van der Waals surface area contributed by atoms with Gasteiger partial charge < -0.3 is 30.9 Å². The molecule has 1 atom stereocenters. The maximum atomic E-state index is 13.5. The van der Waals surface area contributed by atoms with E-state index in [2.05, 4.69) is 26.6 Å². The second-order valence-corrected chi connectivity index (χ2v) is 15.7. The predicted molar refractivity (Wildman–Crippen MR) is 227 cm³/mol. The smallest absolute Gasteiger partial charge is 0.262 e. The Balaban J connectivity index is 0.727. The summed E-state index contributed by atoms with van der Waals surface area (Å²) in [6.07, 6.45) is 5.41. The lowest BCUT2D eigenvalue weighted by Gasteiger charge is -2.27. The lowest BCUT2D eigenvalue weighted by molar-refractivity contribution is -0.136. The Morgan fingerprint density at radius 3 is 2.10 bits per heavy atom. The fourth-order valence-electron chi connectivity index (χ4n) is 7.71. The fraction of sp³-hybridized carbons (Fsp3) is 0.304. The van der Waals surface area contributed by atoms with Crippen molar-refractivity contribution in [1.29, 1.82) is 0 Å². The number of unbranched alkanes of at least 4 members (excludes halogenated alkanes) is 3. The van der Waals surface area contributed by atoms with Gasteiger partial charge in [-0.1, -0.05) is 25.0 Å². The van der Waals surface area contributed by atoms with Gasteiger partial charge in [-0.2, -0.15) is 0 Å². The van der Waals surface area contributed by atoms with Gasteiger partial charge in [0.2, 0.25) is 11.8 Å². The van der Waals surface area contributed by atoms with Crippen LogP contribution in [-0.4, -0.2) is 88.8 Å². The van der Waals surface area contributed by atoms with E-state index in [0.29, 0.717) is 59.1 Å². The molecular weight excluding hydrogens is 795 g/mol. The Morgan fingerprint density at radius 1 is 0.677 bits per heavy atom. The molecule has 2 fully saturated rings. The molecule has 4 aliphatic rings. The molecule has 318 valence electrons. The summed E-state index contributed by atoms with van der Waals surface area (Å²) in [5, 5.41) is 14.0. The molecule has 8 amide bonds. The van der Waals surface area contributed by atoms with Crippen molar-refractivity contribution in [3.8, 4) is 5.75 Å². The van der Waals surface area contributed by atoms with Crippen LogP contribution in [0, 0.1) is 0 Å². The van der Waals surface area contributed by atoms with Gasteiger partial charge in [0.05, 0.1) is 16.8 Å². The zero-order chi connectivity index (χ0) is 43.3. The van der Waals surface area contributed by atoms with Gasteiger partial charge in [0, 0.05) is 60.2 Å². The number of amides is 8. The maximum absolute atomic E-state index is 13.5. The van der Waals surface area contributed by atoms with Crippen molar-refractivity contribution in [1.82, 2.24) is 20.4 Å². The highest BCUT2D eigenvalue weighted by Gasteiger charge is 2.44. The quantitative estimate of drug-likeness (QED) is 0.0763. The van der Waals surface area contributed by atoms with Crippen molar-refractivity contribution in [2.75, 3.05) is 35.6 Å². The third kappa shape index (κ3) is 9.33. The number of benzene rings is 4. The lowest BCUT2D eigenvalue weighted by Crippen LogP contribution is -2.54. The van der Waals surface area contributed by atoms with Crippen molar-refractivity contribution >= 4 is 64.3 Å². The van der Waals surface area contributed by atoms with E-state index < -0.39 is 29.7 Å². The minimum absolute atomic E-state index is 0.0636. The van der Waals surface area contributed by atoms with Gasteiger partial charge in [-0.3, -0.25) is 48.6 Å². The minimum Gasteiger partial charge on any atom is -0.482 e. The SMILES string of the molecule is O=C1CCC(N2C(=O)c3ccc(NCCCCCCNC(=O)c4ccc(NC(=O)c5ccc(CN(C(=O)c6ccc7c(c6)OCC(=O)N7)C6CC6)cc5)cc4)cc3C2=O)C(=O)N1. The molecule has 3 aliphatic heterocycles. The van der Waals surface area contributed by atoms with Gasteiger partial charge in [-0.05, 0) is 110 Å². The summed E-state index contributed by atoms with van der Waals surface area (Å²) < 4.78 is 5.50. The van der Waals surface area contributed by atoms with Crippen LogP contribution < -0.4 is 31.3 Å². The maximum Gasteiger partial charge on any atom is 0.262 e. The van der Waals surface area contributed by atoms with E-state index in [9.17, 15) is 38.4 Å². The predicted octanol–water partition coefficient (Wildman–Crippen LogP) is 4.88. The van der Waals surface area contributed by atoms with Gasteiger partial charge >= 0.3 is 0 Å². The molecule has 5 N–H and O–H groups in total. The van der Waals surface area contributed by atoms with Crippen LogP contribution >= 0.6 is 0 Å². The molecule has 1 saturated carbocycles. The van der Waals surface area contributed by atoms with Crippen molar-refractivity contribution in [3.05, 3.63) is 118 Å². The summed E-state index contributed by atoms with van der Waals surface area (Å²) in [7, 11) is 0. The first-order chi connectivity index (χ1) is 30.0. The first kappa shape index (κ1) is 41.4. The van der Waals surface area contributed by atoms with Gasteiger partial charge in [-0.15, -0.1) is 0 Å². The number of nitrogens with one attached hydrogen (secondary N) is 5. The average Bonchev–Trinajstić information content (AvgIpc) is 4.09. The van der Waals surface area contributed by atoms with Crippen molar-refractivity contribution in [2.45, 2.75) is 70.0 Å². The number of fused-ring (bicyclic) bond motifs is 2. The van der Waals surface area contributed by atoms with Crippen molar-refractivity contribution < 1.29 is 43.1 Å². The Bertz CT molecular complexity index is 2470. The van der Waals surface area contributed by atoms with Crippen molar-refractivity contribution in [2.24, 2.45) is 0 Å². The normalized spacial score (nSPS) is 16.7. The lowest BCUT2D eigenvalue weighted by atomic mass is 10.0. The van der Waals surface area contributed by atoms with Crippen LogP contribution in [0.3, 0.4) is 0 Å². The number of imide groups is 2. The third-order valence-electron chi connectivity index (χ3n) is 11.2. The van der Waals surface area contributed by atoms with Crippen LogP contribution in [0.25, 0.3) is 0 Å². The summed E-state index contributed by atoms with van der Waals surface area (Å²) in [6, 6.07) is 22.8. The molecule has 0 spiro atoms. The largest absolute Gasteiger partial charge is 0.482 e. The van der Waals surface area contributed by atoms with E-state index in [4.69, 9.17) is 4.74 Å². The Kier molecular flexibility index (Phi) is 12.1. The zero-order valence-electron chi connectivity index (χ0n) is 33.8. The Hall–Kier alpha value is -7.36. The zero-order valence-corrected chi connectivity index (χ0v) is 33.8. The highest BCUT2D eigenvalue weighted by atomic mass is 16.5. The van der Waals surface area contributed by atoms with Gasteiger partial charge in [0.1, 0.15) is 11.8 Å². The summed E-state index contributed by atoms with van der Waals surface area (Å²) in [5.74, 6) is -2.57. The molecule has 0 aromatic heterocycles. The summed E-state index contributed by atoms with van der Waals surface area (Å²) in [5.41, 5.74) is 4.49. The molecule has 3 heterocycles. The fourth-order valence-corrected chi connectivity index (χ4v) is 7.71. The molecule has 62 heavy (non-hydrogen) atoms. The molecule has 4 aromatic carbocycles. The number of anilines is 3. The van der Waals surface area contributed by atoms with Crippen LogP contribution in [0.1, 0.15) is 109 Å². The van der Waals surface area contributed by atoms with E-state index in [-0.39, 0.29) is 60.2 Å². The minimum atomic E-state index is -1.00. The summed E-state index contributed by atoms with van der Waals surface area (Å²) >= 11 is 0. The van der Waals surface area contributed by atoms with Gasteiger partial charge in [0.25, 0.3) is 35.4 Å². The number of carbonyl (C=O) groups excluding carboxylic acids is 8.